The van der Waals surface area contributed by atoms with Gasteiger partial charge in [-0.2, -0.15) is 0 Å². The fourth-order valence-electron chi connectivity index (χ4n) is 1.30. The van der Waals surface area contributed by atoms with Crippen molar-refractivity contribution in [1.29, 1.82) is 0 Å². The Bertz CT molecular complexity index is 569. The van der Waals surface area contributed by atoms with Gasteiger partial charge in [0, 0.05) is 5.02 Å². The number of benzene rings is 1. The van der Waals surface area contributed by atoms with Gasteiger partial charge >= 0.3 is 6.01 Å². The third kappa shape index (κ3) is 2.88. The monoisotopic (exact) mass is 305 g/mol. The van der Waals surface area contributed by atoms with Gasteiger partial charge in [-0.15, -0.1) is 16.7 Å². The first-order chi connectivity index (χ1) is 8.47. The average Bonchev–Trinajstić information content (AvgIpc) is 2.74. The molecular formula is C11H10Cl3N3O. The van der Waals surface area contributed by atoms with E-state index in [0.717, 1.165) is 5.56 Å². The van der Waals surface area contributed by atoms with E-state index in [9.17, 15) is 0 Å². The highest BCUT2D eigenvalue weighted by Crippen LogP contribution is 2.31. The molecule has 0 saturated carbocycles. The van der Waals surface area contributed by atoms with Crippen LogP contribution in [0.1, 0.15) is 23.8 Å². The second-order valence-electron chi connectivity index (χ2n) is 3.77. The molecule has 0 aliphatic rings. The lowest BCUT2D eigenvalue weighted by molar-refractivity contribution is 0.510. The largest absolute Gasteiger partial charge is 0.406 e. The van der Waals surface area contributed by atoms with Gasteiger partial charge in [0.15, 0.2) is 0 Å². The van der Waals surface area contributed by atoms with Crippen molar-refractivity contribution in [2.45, 2.75) is 19.2 Å². The minimum Gasteiger partial charge on any atom is -0.406 e. The number of rotatable bonds is 3. The molecule has 0 bridgehead atoms. The molecule has 96 valence electrons. The molecule has 7 heteroatoms. The van der Waals surface area contributed by atoms with Crippen molar-refractivity contribution in [3.8, 4) is 0 Å². The summed E-state index contributed by atoms with van der Waals surface area (Å²) in [6.07, 6.45) is 0. The number of anilines is 2. The zero-order valence-corrected chi connectivity index (χ0v) is 11.9. The highest BCUT2D eigenvalue weighted by atomic mass is 35.5. The van der Waals surface area contributed by atoms with Crippen molar-refractivity contribution < 1.29 is 4.42 Å². The van der Waals surface area contributed by atoms with E-state index in [4.69, 9.17) is 39.2 Å². The van der Waals surface area contributed by atoms with Gasteiger partial charge in [-0.3, -0.25) is 0 Å². The number of hydrogen-bond acceptors (Lipinski definition) is 4. The van der Waals surface area contributed by atoms with Crippen molar-refractivity contribution in [1.82, 2.24) is 10.2 Å². The Kier molecular flexibility index (Phi) is 4.00. The first-order valence-corrected chi connectivity index (χ1v) is 6.36. The maximum absolute atomic E-state index is 6.08. The average molecular weight is 307 g/mol. The summed E-state index contributed by atoms with van der Waals surface area (Å²) in [4.78, 5) is 0. The molecular weight excluding hydrogens is 296 g/mol. The molecule has 0 aliphatic heterocycles. The van der Waals surface area contributed by atoms with Crippen LogP contribution in [-0.4, -0.2) is 10.2 Å². The zero-order chi connectivity index (χ0) is 13.3. The zero-order valence-electron chi connectivity index (χ0n) is 9.67. The molecule has 1 N–H and O–H groups in total. The Morgan fingerprint density at radius 1 is 1.22 bits per heavy atom. The molecule has 0 spiro atoms. The third-order valence-corrected chi connectivity index (χ3v) is 3.18. The molecule has 0 fully saturated rings. The van der Waals surface area contributed by atoms with Gasteiger partial charge in [0.2, 0.25) is 5.89 Å². The highest BCUT2D eigenvalue weighted by molar-refractivity contribution is 6.35. The van der Waals surface area contributed by atoms with Crippen LogP contribution in [0.2, 0.25) is 10.0 Å². The molecule has 0 amide bonds. The Morgan fingerprint density at radius 3 is 2.56 bits per heavy atom. The van der Waals surface area contributed by atoms with E-state index in [1.165, 1.54) is 0 Å². The van der Waals surface area contributed by atoms with Crippen LogP contribution in [0.15, 0.2) is 16.5 Å². The number of aromatic nitrogens is 2. The van der Waals surface area contributed by atoms with Crippen LogP contribution >= 0.6 is 34.8 Å². The molecule has 1 aromatic carbocycles. The van der Waals surface area contributed by atoms with E-state index in [1.807, 2.05) is 6.92 Å². The summed E-state index contributed by atoms with van der Waals surface area (Å²) >= 11 is 17.9. The molecule has 4 nitrogen and oxygen atoms in total. The summed E-state index contributed by atoms with van der Waals surface area (Å²) in [6.45, 7) is 3.62. The summed E-state index contributed by atoms with van der Waals surface area (Å²) in [7, 11) is 0. The summed E-state index contributed by atoms with van der Waals surface area (Å²) in [5.74, 6) is 0.341. The van der Waals surface area contributed by atoms with Gasteiger partial charge in [-0.05, 0) is 31.5 Å². The maximum Gasteiger partial charge on any atom is 0.320 e. The molecule has 0 aliphatic carbocycles. The van der Waals surface area contributed by atoms with Crippen molar-refractivity contribution in [2.75, 3.05) is 5.32 Å². The van der Waals surface area contributed by atoms with Crippen LogP contribution in [-0.2, 0) is 0 Å². The quantitative estimate of drug-likeness (QED) is 0.833. The lowest BCUT2D eigenvalue weighted by Crippen LogP contribution is -1.92. The second-order valence-corrected chi connectivity index (χ2v) is 5.24. The normalized spacial score (nSPS) is 12.5. The number of halogens is 3. The predicted octanol–water partition coefficient (Wildman–Crippen LogP) is 4.73. The SMILES string of the molecule is Cc1cc(Cl)c(Nc2nnc(C(C)Cl)o2)cc1Cl. The first-order valence-electron chi connectivity index (χ1n) is 5.17. The second kappa shape index (κ2) is 5.34. The number of alkyl halides is 1. The van der Waals surface area contributed by atoms with Crippen LogP contribution in [0.5, 0.6) is 0 Å². The van der Waals surface area contributed by atoms with Crippen LogP contribution in [0.3, 0.4) is 0 Å². The molecule has 1 heterocycles. The number of nitrogens with one attached hydrogen (secondary N) is 1. The van der Waals surface area contributed by atoms with Crippen LogP contribution in [0, 0.1) is 6.92 Å². The number of hydrogen-bond donors (Lipinski definition) is 1. The summed E-state index contributed by atoms with van der Waals surface area (Å²) < 4.78 is 5.31. The summed E-state index contributed by atoms with van der Waals surface area (Å²) in [5, 5.41) is 11.3. The Hall–Kier alpha value is -0.970. The molecule has 1 atom stereocenters. The molecule has 2 rings (SSSR count). The molecule has 0 saturated heterocycles. The van der Waals surface area contributed by atoms with Gasteiger partial charge in [0.25, 0.3) is 0 Å². The van der Waals surface area contributed by atoms with E-state index in [-0.39, 0.29) is 11.4 Å². The lowest BCUT2D eigenvalue weighted by atomic mass is 10.2. The Labute approximate surface area is 119 Å². The van der Waals surface area contributed by atoms with Gasteiger partial charge in [0.1, 0.15) is 5.38 Å². The maximum atomic E-state index is 6.08. The highest BCUT2D eigenvalue weighted by Gasteiger charge is 2.12. The van der Waals surface area contributed by atoms with E-state index in [0.29, 0.717) is 21.6 Å². The summed E-state index contributed by atoms with van der Waals surface area (Å²) in [6, 6.07) is 3.68. The van der Waals surface area contributed by atoms with Gasteiger partial charge < -0.3 is 9.73 Å². The third-order valence-electron chi connectivity index (χ3n) is 2.27. The Balaban J connectivity index is 2.25. The van der Waals surface area contributed by atoms with Gasteiger partial charge in [-0.1, -0.05) is 28.3 Å². The Morgan fingerprint density at radius 2 is 1.94 bits per heavy atom. The fraction of sp³-hybridized carbons (Fsp3) is 0.273. The van der Waals surface area contributed by atoms with E-state index in [1.54, 1.807) is 19.1 Å². The van der Waals surface area contributed by atoms with E-state index >= 15 is 0 Å². The van der Waals surface area contributed by atoms with Crippen LogP contribution < -0.4 is 5.32 Å². The van der Waals surface area contributed by atoms with Crippen molar-refractivity contribution in [3.05, 3.63) is 33.6 Å². The molecule has 1 aromatic heterocycles. The van der Waals surface area contributed by atoms with Crippen LogP contribution in [0.4, 0.5) is 11.7 Å². The molecule has 2 aromatic rings. The van der Waals surface area contributed by atoms with Crippen molar-refractivity contribution in [2.24, 2.45) is 0 Å². The van der Waals surface area contributed by atoms with E-state index < -0.39 is 0 Å². The number of aryl methyl sites for hydroxylation is 1. The van der Waals surface area contributed by atoms with Gasteiger partial charge in [0.05, 0.1) is 10.7 Å². The molecule has 0 radical (unpaired) electrons. The smallest absolute Gasteiger partial charge is 0.320 e. The minimum atomic E-state index is -0.342. The fourth-order valence-corrected chi connectivity index (χ4v) is 1.82. The molecule has 1 unspecified atom stereocenters. The van der Waals surface area contributed by atoms with E-state index in [2.05, 4.69) is 15.5 Å². The predicted molar refractivity (Wildman–Crippen MR) is 73.0 cm³/mol. The number of nitrogens with zero attached hydrogens (tertiary/aromatic N) is 2. The molecule has 18 heavy (non-hydrogen) atoms. The van der Waals surface area contributed by atoms with Crippen molar-refractivity contribution in [3.63, 3.8) is 0 Å². The van der Waals surface area contributed by atoms with Crippen LogP contribution in [0.25, 0.3) is 0 Å². The topological polar surface area (TPSA) is 51.0 Å². The van der Waals surface area contributed by atoms with Gasteiger partial charge in [-0.25, -0.2) is 0 Å². The summed E-state index contributed by atoms with van der Waals surface area (Å²) in [5.41, 5.74) is 1.50. The lowest BCUT2D eigenvalue weighted by Gasteiger charge is -2.06. The van der Waals surface area contributed by atoms with Crippen molar-refractivity contribution >= 4 is 46.5 Å². The first kappa shape index (κ1) is 13.5. The minimum absolute atomic E-state index is 0.222. The standard InChI is InChI=1S/C11H10Cl3N3O/c1-5-3-8(14)9(4-7(5)13)15-11-17-16-10(18-11)6(2)12/h3-4,6H,1-2H3,(H,15,17).